The minimum absolute atomic E-state index is 0.199. The van der Waals surface area contributed by atoms with Gasteiger partial charge in [-0.1, -0.05) is 35.5 Å². The van der Waals surface area contributed by atoms with Crippen LogP contribution >= 0.6 is 0 Å². The number of anilines is 1. The zero-order valence-corrected chi connectivity index (χ0v) is 15.2. The van der Waals surface area contributed by atoms with Gasteiger partial charge in [-0.25, -0.2) is 9.97 Å². The van der Waals surface area contributed by atoms with Crippen molar-refractivity contribution in [3.05, 3.63) is 78.5 Å². The lowest BCUT2D eigenvalue weighted by Crippen LogP contribution is -2.14. The molecule has 3 heterocycles. The van der Waals surface area contributed by atoms with Crippen molar-refractivity contribution in [3.8, 4) is 22.5 Å². The summed E-state index contributed by atoms with van der Waals surface area (Å²) in [7, 11) is 0. The van der Waals surface area contributed by atoms with Gasteiger partial charge in [0.25, 0.3) is 0 Å². The van der Waals surface area contributed by atoms with Gasteiger partial charge in [0.15, 0.2) is 0 Å². The molecule has 3 aromatic heterocycles. The summed E-state index contributed by atoms with van der Waals surface area (Å²) in [6.45, 7) is 1.90. The van der Waals surface area contributed by atoms with E-state index >= 15 is 0 Å². The third kappa shape index (κ3) is 3.78. The number of hydrogen-bond acceptors (Lipinski definition) is 6. The summed E-state index contributed by atoms with van der Waals surface area (Å²) in [5.41, 5.74) is 4.38. The SMILES string of the molecule is Cc1cc(-c2noc(NC(=O)Cc3ccccc3)c2-c2ccncn2)ccn1. The molecular weight excluding hydrogens is 354 g/mol. The summed E-state index contributed by atoms with van der Waals surface area (Å²) < 4.78 is 5.49. The van der Waals surface area contributed by atoms with E-state index in [0.29, 0.717) is 17.0 Å². The molecule has 4 aromatic rings. The molecule has 1 amide bonds. The summed E-state index contributed by atoms with van der Waals surface area (Å²) in [5.74, 6) is 0.0548. The van der Waals surface area contributed by atoms with Crippen molar-refractivity contribution in [1.82, 2.24) is 20.1 Å². The second-order valence-electron chi connectivity index (χ2n) is 6.23. The Morgan fingerprint density at radius 1 is 1.07 bits per heavy atom. The predicted octanol–water partition coefficient (Wildman–Crippen LogP) is 3.68. The molecule has 0 aliphatic rings. The standard InChI is InChI=1S/C21H17N5O2/c1-14-11-16(7-10-23-14)20-19(17-8-9-22-13-24-17)21(28-26-20)25-18(27)12-15-5-3-2-4-6-15/h2-11,13H,12H2,1H3,(H,25,27). The molecule has 1 N–H and O–H groups in total. The van der Waals surface area contributed by atoms with Crippen molar-refractivity contribution in [1.29, 1.82) is 0 Å². The predicted molar refractivity (Wildman–Crippen MR) is 104 cm³/mol. The van der Waals surface area contributed by atoms with E-state index < -0.39 is 0 Å². The van der Waals surface area contributed by atoms with Gasteiger partial charge in [-0.2, -0.15) is 0 Å². The number of carbonyl (C=O) groups is 1. The maximum absolute atomic E-state index is 12.5. The highest BCUT2D eigenvalue weighted by molar-refractivity contribution is 5.97. The molecule has 7 heteroatoms. The first kappa shape index (κ1) is 17.5. The molecule has 0 spiro atoms. The van der Waals surface area contributed by atoms with Crippen LogP contribution in [0, 0.1) is 6.92 Å². The number of pyridine rings is 1. The highest BCUT2D eigenvalue weighted by atomic mass is 16.5. The highest BCUT2D eigenvalue weighted by Crippen LogP contribution is 2.36. The first-order valence-corrected chi connectivity index (χ1v) is 8.73. The van der Waals surface area contributed by atoms with Crippen molar-refractivity contribution < 1.29 is 9.32 Å². The van der Waals surface area contributed by atoms with Crippen LogP contribution in [0.3, 0.4) is 0 Å². The fraction of sp³-hybridized carbons (Fsp3) is 0.0952. The van der Waals surface area contributed by atoms with Crippen molar-refractivity contribution >= 4 is 11.8 Å². The number of aryl methyl sites for hydroxylation is 1. The van der Waals surface area contributed by atoms with Gasteiger partial charge in [-0.15, -0.1) is 0 Å². The molecule has 0 atom stereocenters. The number of nitrogens with one attached hydrogen (secondary N) is 1. The quantitative estimate of drug-likeness (QED) is 0.575. The second kappa shape index (κ2) is 7.79. The van der Waals surface area contributed by atoms with E-state index in [2.05, 4.69) is 25.4 Å². The van der Waals surface area contributed by atoms with Gasteiger partial charge in [0.05, 0.1) is 17.7 Å². The number of carbonyl (C=O) groups excluding carboxylic acids is 1. The molecule has 0 aliphatic carbocycles. The number of nitrogens with zero attached hydrogens (tertiary/aromatic N) is 4. The Balaban J connectivity index is 1.70. The maximum Gasteiger partial charge on any atom is 0.241 e. The minimum Gasteiger partial charge on any atom is -0.337 e. The summed E-state index contributed by atoms with van der Waals surface area (Å²) in [6.07, 6.45) is 5.01. The summed E-state index contributed by atoms with van der Waals surface area (Å²) in [6, 6.07) is 15.0. The van der Waals surface area contributed by atoms with Crippen molar-refractivity contribution in [2.24, 2.45) is 0 Å². The van der Waals surface area contributed by atoms with Gasteiger partial charge in [0.2, 0.25) is 11.8 Å². The van der Waals surface area contributed by atoms with Crippen LogP contribution in [0.25, 0.3) is 22.5 Å². The highest BCUT2D eigenvalue weighted by Gasteiger charge is 2.22. The fourth-order valence-electron chi connectivity index (χ4n) is 2.89. The Kier molecular flexibility index (Phi) is 4.88. The number of aromatic nitrogens is 4. The van der Waals surface area contributed by atoms with Crippen LogP contribution in [0.1, 0.15) is 11.3 Å². The monoisotopic (exact) mass is 371 g/mol. The number of hydrogen-bond donors (Lipinski definition) is 1. The molecular formula is C21H17N5O2. The Hall–Kier alpha value is -3.87. The van der Waals surface area contributed by atoms with E-state index in [1.54, 1.807) is 18.5 Å². The Bertz CT molecular complexity index is 1090. The first-order valence-electron chi connectivity index (χ1n) is 8.73. The number of rotatable bonds is 5. The van der Waals surface area contributed by atoms with E-state index in [1.165, 1.54) is 6.33 Å². The number of benzene rings is 1. The Morgan fingerprint density at radius 3 is 2.68 bits per heavy atom. The van der Waals surface area contributed by atoms with Crippen LogP contribution in [0.4, 0.5) is 5.88 Å². The van der Waals surface area contributed by atoms with Gasteiger partial charge in [0.1, 0.15) is 12.0 Å². The molecule has 0 bridgehead atoms. The zero-order chi connectivity index (χ0) is 19.3. The molecule has 7 nitrogen and oxygen atoms in total. The lowest BCUT2D eigenvalue weighted by atomic mass is 10.1. The molecule has 0 aliphatic heterocycles. The van der Waals surface area contributed by atoms with Crippen LogP contribution in [-0.2, 0) is 11.2 Å². The third-order valence-corrected chi connectivity index (χ3v) is 4.16. The van der Waals surface area contributed by atoms with E-state index in [0.717, 1.165) is 16.8 Å². The zero-order valence-electron chi connectivity index (χ0n) is 15.2. The lowest BCUT2D eigenvalue weighted by molar-refractivity contribution is -0.115. The molecule has 1 aromatic carbocycles. The average molecular weight is 371 g/mol. The van der Waals surface area contributed by atoms with Crippen LogP contribution in [0.2, 0.25) is 0 Å². The number of amides is 1. The van der Waals surface area contributed by atoms with E-state index in [-0.39, 0.29) is 18.2 Å². The molecule has 0 unspecified atom stereocenters. The summed E-state index contributed by atoms with van der Waals surface area (Å²) in [5, 5.41) is 7.00. The van der Waals surface area contributed by atoms with E-state index in [1.807, 2.05) is 49.4 Å². The van der Waals surface area contributed by atoms with E-state index in [9.17, 15) is 4.79 Å². The van der Waals surface area contributed by atoms with Crippen LogP contribution in [0.5, 0.6) is 0 Å². The van der Waals surface area contributed by atoms with Gasteiger partial charge >= 0.3 is 0 Å². The topological polar surface area (TPSA) is 93.8 Å². The maximum atomic E-state index is 12.5. The van der Waals surface area contributed by atoms with Gasteiger partial charge in [-0.05, 0) is 30.7 Å². The normalized spacial score (nSPS) is 10.6. The smallest absolute Gasteiger partial charge is 0.241 e. The minimum atomic E-state index is -0.199. The molecule has 0 radical (unpaired) electrons. The van der Waals surface area contributed by atoms with Gasteiger partial charge < -0.3 is 4.52 Å². The Morgan fingerprint density at radius 2 is 1.93 bits per heavy atom. The molecule has 138 valence electrons. The molecule has 0 fully saturated rings. The van der Waals surface area contributed by atoms with Crippen molar-refractivity contribution in [3.63, 3.8) is 0 Å². The second-order valence-corrected chi connectivity index (χ2v) is 6.23. The van der Waals surface area contributed by atoms with Gasteiger partial charge in [-0.3, -0.25) is 15.1 Å². The van der Waals surface area contributed by atoms with Gasteiger partial charge in [0, 0.05) is 23.7 Å². The molecule has 28 heavy (non-hydrogen) atoms. The lowest BCUT2D eigenvalue weighted by Gasteiger charge is -2.06. The summed E-state index contributed by atoms with van der Waals surface area (Å²) in [4.78, 5) is 25.0. The third-order valence-electron chi connectivity index (χ3n) is 4.16. The average Bonchev–Trinajstić information content (AvgIpc) is 3.13. The summed E-state index contributed by atoms with van der Waals surface area (Å²) >= 11 is 0. The van der Waals surface area contributed by atoms with Crippen molar-refractivity contribution in [2.75, 3.05) is 5.32 Å². The fourth-order valence-corrected chi connectivity index (χ4v) is 2.89. The largest absolute Gasteiger partial charge is 0.337 e. The van der Waals surface area contributed by atoms with Crippen LogP contribution in [-0.4, -0.2) is 26.0 Å². The molecule has 0 saturated carbocycles. The first-order chi connectivity index (χ1) is 13.7. The Labute approximate surface area is 161 Å². The molecule has 4 rings (SSSR count). The van der Waals surface area contributed by atoms with Crippen molar-refractivity contribution in [2.45, 2.75) is 13.3 Å². The van der Waals surface area contributed by atoms with Crippen LogP contribution < -0.4 is 5.32 Å². The molecule has 0 saturated heterocycles. The van der Waals surface area contributed by atoms with Crippen LogP contribution in [0.15, 0.2) is 71.8 Å². The van der Waals surface area contributed by atoms with E-state index in [4.69, 9.17) is 4.52 Å².